The van der Waals surface area contributed by atoms with Gasteiger partial charge in [-0.25, -0.2) is 0 Å². The number of carbonyl (C=O) groups excluding carboxylic acids is 1. The molecule has 0 radical (unpaired) electrons. The largest absolute Gasteiger partial charge is 0.376 e. The van der Waals surface area contributed by atoms with Gasteiger partial charge >= 0.3 is 0 Å². The predicted octanol–water partition coefficient (Wildman–Crippen LogP) is -0.229. The molecule has 13 heavy (non-hydrogen) atoms. The number of rotatable bonds is 1. The van der Waals surface area contributed by atoms with Gasteiger partial charge in [0.25, 0.3) is 0 Å². The Bertz CT molecular complexity index is 202. The van der Waals surface area contributed by atoms with Gasteiger partial charge in [0, 0.05) is 19.1 Å². The predicted molar refractivity (Wildman–Crippen MR) is 48.1 cm³/mol. The lowest BCUT2D eigenvalue weighted by Gasteiger charge is -2.33. The zero-order valence-electron chi connectivity index (χ0n) is 7.66. The summed E-state index contributed by atoms with van der Waals surface area (Å²) in [5.41, 5.74) is 5.93. The van der Waals surface area contributed by atoms with Gasteiger partial charge in [0.15, 0.2) is 0 Å². The molecule has 74 valence electrons. The Morgan fingerprint density at radius 2 is 2.31 bits per heavy atom. The van der Waals surface area contributed by atoms with Crippen molar-refractivity contribution in [3.63, 3.8) is 0 Å². The highest BCUT2D eigenvalue weighted by molar-refractivity contribution is 5.77. The molecule has 3 N–H and O–H groups in total. The summed E-state index contributed by atoms with van der Waals surface area (Å²) in [6, 6.07) is 0.115. The van der Waals surface area contributed by atoms with E-state index < -0.39 is 0 Å². The summed E-state index contributed by atoms with van der Waals surface area (Å²) in [7, 11) is 0. The van der Waals surface area contributed by atoms with E-state index in [0.29, 0.717) is 6.42 Å². The summed E-state index contributed by atoms with van der Waals surface area (Å²) >= 11 is 0. The molecule has 0 spiro atoms. The van der Waals surface area contributed by atoms with E-state index in [1.165, 1.54) is 0 Å². The maximum Gasteiger partial charge on any atom is 0.220 e. The molecule has 0 aliphatic carbocycles. The van der Waals surface area contributed by atoms with Crippen molar-refractivity contribution in [1.29, 1.82) is 0 Å². The van der Waals surface area contributed by atoms with Gasteiger partial charge in [-0.1, -0.05) is 0 Å². The van der Waals surface area contributed by atoms with Gasteiger partial charge in [-0.05, 0) is 19.3 Å². The van der Waals surface area contributed by atoms with Crippen LogP contribution in [0.1, 0.15) is 25.7 Å². The summed E-state index contributed by atoms with van der Waals surface area (Å²) in [6.45, 7) is 0.809. The van der Waals surface area contributed by atoms with E-state index in [0.717, 1.165) is 25.9 Å². The Balaban J connectivity index is 1.98. The third-order valence-corrected chi connectivity index (χ3v) is 2.86. The number of amides is 1. The smallest absolute Gasteiger partial charge is 0.220 e. The van der Waals surface area contributed by atoms with Crippen LogP contribution in [-0.2, 0) is 9.53 Å². The molecule has 0 aromatic heterocycles. The van der Waals surface area contributed by atoms with Crippen molar-refractivity contribution in [2.45, 2.75) is 43.9 Å². The van der Waals surface area contributed by atoms with Crippen molar-refractivity contribution in [3.05, 3.63) is 0 Å². The van der Waals surface area contributed by atoms with E-state index in [1.54, 1.807) is 0 Å². The fraction of sp³-hybridized carbons (Fsp3) is 0.889. The van der Waals surface area contributed by atoms with Crippen LogP contribution in [0.5, 0.6) is 0 Å². The first-order valence-corrected chi connectivity index (χ1v) is 4.94. The topological polar surface area (TPSA) is 64.4 Å². The zero-order valence-corrected chi connectivity index (χ0v) is 7.66. The Morgan fingerprint density at radius 3 is 3.00 bits per heavy atom. The van der Waals surface area contributed by atoms with Gasteiger partial charge in [-0.15, -0.1) is 0 Å². The summed E-state index contributed by atoms with van der Waals surface area (Å²) in [4.78, 5) is 11.2. The van der Waals surface area contributed by atoms with Crippen LogP contribution in [0.2, 0.25) is 0 Å². The summed E-state index contributed by atoms with van der Waals surface area (Å²) in [5, 5.41) is 2.92. The molecule has 2 rings (SSSR count). The standard InChI is InChI=1S/C9H16N2O2/c10-6-3-4-8(12)11-9(6)7-2-1-5-13-7/h6-7,9H,1-5,10H2,(H,11,12)/t6-,7?,9-/m1/s1. The van der Waals surface area contributed by atoms with Crippen LogP contribution in [-0.4, -0.2) is 30.7 Å². The monoisotopic (exact) mass is 184 g/mol. The van der Waals surface area contributed by atoms with Gasteiger partial charge < -0.3 is 15.8 Å². The average Bonchev–Trinajstić information content (AvgIpc) is 2.61. The SMILES string of the molecule is N[C@@H]1CCC(=O)N[C@H]1C1CCCO1. The minimum absolute atomic E-state index is 0.0451. The molecular formula is C9H16N2O2. The van der Waals surface area contributed by atoms with E-state index in [1.807, 2.05) is 0 Å². The minimum atomic E-state index is 0.0451. The van der Waals surface area contributed by atoms with Gasteiger partial charge in [0.1, 0.15) is 0 Å². The highest BCUT2D eigenvalue weighted by Crippen LogP contribution is 2.21. The maximum atomic E-state index is 11.2. The number of hydrogen-bond donors (Lipinski definition) is 2. The van der Waals surface area contributed by atoms with E-state index in [4.69, 9.17) is 10.5 Å². The molecule has 2 saturated heterocycles. The molecule has 2 heterocycles. The zero-order chi connectivity index (χ0) is 9.26. The van der Waals surface area contributed by atoms with E-state index in [2.05, 4.69) is 5.32 Å². The van der Waals surface area contributed by atoms with Crippen molar-refractivity contribution in [2.75, 3.05) is 6.61 Å². The van der Waals surface area contributed by atoms with Gasteiger partial charge in [0.2, 0.25) is 5.91 Å². The third-order valence-electron chi connectivity index (χ3n) is 2.86. The number of ether oxygens (including phenoxy) is 1. The van der Waals surface area contributed by atoms with Gasteiger partial charge in [-0.2, -0.15) is 0 Å². The van der Waals surface area contributed by atoms with E-state index in [9.17, 15) is 4.79 Å². The third kappa shape index (κ3) is 1.84. The number of nitrogens with two attached hydrogens (primary N) is 1. The van der Waals surface area contributed by atoms with Crippen LogP contribution in [0.15, 0.2) is 0 Å². The lowest BCUT2D eigenvalue weighted by Crippen LogP contribution is -2.57. The van der Waals surface area contributed by atoms with Crippen molar-refractivity contribution < 1.29 is 9.53 Å². The average molecular weight is 184 g/mol. The number of piperidine rings is 1. The first-order chi connectivity index (χ1) is 6.27. The van der Waals surface area contributed by atoms with Crippen LogP contribution >= 0.6 is 0 Å². The molecule has 1 unspecified atom stereocenters. The Morgan fingerprint density at radius 1 is 1.46 bits per heavy atom. The van der Waals surface area contributed by atoms with E-state index >= 15 is 0 Å². The summed E-state index contributed by atoms with van der Waals surface area (Å²) in [6.07, 6.45) is 3.61. The maximum absolute atomic E-state index is 11.2. The fourth-order valence-electron chi connectivity index (χ4n) is 2.10. The highest BCUT2D eigenvalue weighted by atomic mass is 16.5. The van der Waals surface area contributed by atoms with Crippen LogP contribution in [0, 0.1) is 0 Å². The van der Waals surface area contributed by atoms with Crippen LogP contribution < -0.4 is 11.1 Å². The van der Waals surface area contributed by atoms with Crippen molar-refractivity contribution in [3.8, 4) is 0 Å². The van der Waals surface area contributed by atoms with Gasteiger partial charge in [0.05, 0.1) is 12.1 Å². The molecule has 2 aliphatic heterocycles. The van der Waals surface area contributed by atoms with Crippen molar-refractivity contribution in [1.82, 2.24) is 5.32 Å². The minimum Gasteiger partial charge on any atom is -0.376 e. The van der Waals surface area contributed by atoms with E-state index in [-0.39, 0.29) is 24.1 Å². The molecule has 4 heteroatoms. The first kappa shape index (κ1) is 8.97. The molecule has 3 atom stereocenters. The molecule has 0 aromatic carbocycles. The Labute approximate surface area is 77.8 Å². The van der Waals surface area contributed by atoms with Crippen molar-refractivity contribution in [2.24, 2.45) is 5.73 Å². The number of hydrogen-bond acceptors (Lipinski definition) is 3. The summed E-state index contributed by atoms with van der Waals surface area (Å²) in [5.74, 6) is 0.113. The molecule has 1 amide bonds. The van der Waals surface area contributed by atoms with Crippen molar-refractivity contribution >= 4 is 5.91 Å². The first-order valence-electron chi connectivity index (χ1n) is 4.94. The molecule has 0 saturated carbocycles. The lowest BCUT2D eigenvalue weighted by molar-refractivity contribution is -0.125. The van der Waals surface area contributed by atoms with Gasteiger partial charge in [-0.3, -0.25) is 4.79 Å². The quantitative estimate of drug-likeness (QED) is 0.591. The Hall–Kier alpha value is -0.610. The lowest BCUT2D eigenvalue weighted by atomic mass is 9.93. The second-order valence-electron chi connectivity index (χ2n) is 3.85. The second kappa shape index (κ2) is 3.64. The molecular weight excluding hydrogens is 168 g/mol. The van der Waals surface area contributed by atoms with Crippen LogP contribution in [0.4, 0.5) is 0 Å². The molecule has 0 aromatic rings. The second-order valence-corrected chi connectivity index (χ2v) is 3.85. The number of carbonyl (C=O) groups is 1. The highest BCUT2D eigenvalue weighted by Gasteiger charge is 2.34. The van der Waals surface area contributed by atoms with Crippen LogP contribution in [0.3, 0.4) is 0 Å². The molecule has 0 bridgehead atoms. The Kier molecular flexibility index (Phi) is 2.51. The van der Waals surface area contributed by atoms with Crippen LogP contribution in [0.25, 0.3) is 0 Å². The summed E-state index contributed by atoms with van der Waals surface area (Å²) < 4.78 is 5.52. The normalized spacial score (nSPS) is 40.4. The molecule has 2 fully saturated rings. The molecule has 2 aliphatic rings. The molecule has 4 nitrogen and oxygen atoms in total. The fourth-order valence-corrected chi connectivity index (χ4v) is 2.10. The number of nitrogens with one attached hydrogen (secondary N) is 1.